The summed E-state index contributed by atoms with van der Waals surface area (Å²) < 4.78 is 0. The fourth-order valence-corrected chi connectivity index (χ4v) is 2.46. The van der Waals surface area contributed by atoms with Crippen LogP contribution in [-0.2, 0) is 42.3 Å². The molecule has 0 aromatic carbocycles. The fourth-order valence-electron chi connectivity index (χ4n) is 2.46. The number of hydrogen-bond donors (Lipinski definition) is 0. The fraction of sp³-hybridized carbons (Fsp3) is 0.833. The molecule has 0 aromatic rings. The van der Waals surface area contributed by atoms with Crippen molar-refractivity contribution in [1.29, 1.82) is 0 Å². The molecule has 0 amide bonds. The maximum Gasteiger partial charge on any atom is 0.141 e. The van der Waals surface area contributed by atoms with Gasteiger partial charge >= 0.3 is 0 Å². The van der Waals surface area contributed by atoms with Crippen LogP contribution in [0.4, 0.5) is 0 Å². The SMILES string of the molecule is CC(C)(C)C[CH-]C(=O)C(C)(C)C.CC(CC(C)(C)C)C(=O)C(C)(C)C.[CH3-].[Y]. The molecule has 0 fully saturated rings. The molecular weight excluding hydrogens is 409 g/mol. The molecule has 0 aliphatic heterocycles. The second-order valence-corrected chi connectivity index (χ2v) is 11.9. The van der Waals surface area contributed by atoms with Crippen LogP contribution in [0.1, 0.15) is 103 Å². The van der Waals surface area contributed by atoms with Crippen molar-refractivity contribution in [2.24, 2.45) is 27.6 Å². The number of ketones is 2. The van der Waals surface area contributed by atoms with E-state index >= 15 is 0 Å². The predicted molar refractivity (Wildman–Crippen MR) is 117 cm³/mol. The van der Waals surface area contributed by atoms with Crippen molar-refractivity contribution >= 4 is 11.6 Å². The number of carbonyl (C=O) groups is 2. The summed E-state index contributed by atoms with van der Waals surface area (Å²) in [6.07, 6.45) is 3.66. The summed E-state index contributed by atoms with van der Waals surface area (Å²) in [4.78, 5) is 23.3. The molecule has 0 heterocycles. The Bertz CT molecular complexity index is 423. The molecule has 0 aromatic heterocycles. The zero-order chi connectivity index (χ0) is 20.9. The van der Waals surface area contributed by atoms with E-state index in [1.54, 1.807) is 0 Å². The van der Waals surface area contributed by atoms with Crippen molar-refractivity contribution in [2.45, 2.75) is 103 Å². The molecule has 0 N–H and O–H groups in total. The summed E-state index contributed by atoms with van der Waals surface area (Å²) >= 11 is 0. The Hall–Kier alpha value is 0.314. The average molecular weight is 458 g/mol. The number of Topliss-reactive ketones (excluding diaryl/α,β-unsaturated/α-hetero) is 2. The third-order valence-corrected chi connectivity index (χ3v) is 3.74. The summed E-state index contributed by atoms with van der Waals surface area (Å²) in [5.41, 5.74) is 0.0666. The van der Waals surface area contributed by atoms with Gasteiger partial charge in [-0.2, -0.15) is 6.42 Å². The van der Waals surface area contributed by atoms with Gasteiger partial charge in [0.1, 0.15) is 5.78 Å². The van der Waals surface area contributed by atoms with Crippen LogP contribution in [0.15, 0.2) is 0 Å². The maximum atomic E-state index is 11.8. The molecule has 0 saturated heterocycles. The first-order valence-electron chi connectivity index (χ1n) is 9.59. The van der Waals surface area contributed by atoms with Crippen LogP contribution in [0.5, 0.6) is 0 Å². The van der Waals surface area contributed by atoms with Gasteiger partial charge in [0.05, 0.1) is 0 Å². The van der Waals surface area contributed by atoms with Gasteiger partial charge in [0, 0.05) is 49.8 Å². The van der Waals surface area contributed by atoms with Gasteiger partial charge < -0.3 is 18.6 Å². The van der Waals surface area contributed by atoms with E-state index in [4.69, 9.17) is 0 Å². The van der Waals surface area contributed by atoms with Crippen molar-refractivity contribution in [3.63, 3.8) is 0 Å². The van der Waals surface area contributed by atoms with Crippen LogP contribution < -0.4 is 0 Å². The molecule has 1 radical (unpaired) electrons. The molecule has 161 valence electrons. The first kappa shape index (κ1) is 34.8. The van der Waals surface area contributed by atoms with Crippen LogP contribution in [0.2, 0.25) is 0 Å². The number of hydrogen-bond acceptors (Lipinski definition) is 2. The van der Waals surface area contributed by atoms with Crippen molar-refractivity contribution in [1.82, 2.24) is 0 Å². The molecule has 27 heavy (non-hydrogen) atoms. The van der Waals surface area contributed by atoms with Gasteiger partial charge in [-0.1, -0.05) is 95.4 Å². The molecule has 0 spiro atoms. The number of carbonyl (C=O) groups excluding carboxylic acids is 2. The molecule has 3 heteroatoms. The summed E-state index contributed by atoms with van der Waals surface area (Å²) in [5.74, 6) is 0.805. The summed E-state index contributed by atoms with van der Waals surface area (Å²) in [7, 11) is 0. The Morgan fingerprint density at radius 1 is 0.741 bits per heavy atom. The van der Waals surface area contributed by atoms with Crippen molar-refractivity contribution in [3.8, 4) is 0 Å². The monoisotopic (exact) mass is 457 g/mol. The first-order chi connectivity index (χ1) is 10.7. The van der Waals surface area contributed by atoms with Gasteiger partial charge in [0.2, 0.25) is 0 Å². The van der Waals surface area contributed by atoms with Gasteiger partial charge in [-0.25, -0.2) is 0 Å². The molecule has 0 aliphatic rings. The predicted octanol–water partition coefficient (Wildman–Crippen LogP) is 7.36. The Morgan fingerprint density at radius 3 is 1.33 bits per heavy atom. The Labute approximate surface area is 197 Å². The Kier molecular flexibility index (Phi) is 16.5. The minimum absolute atomic E-state index is 0. The van der Waals surface area contributed by atoms with E-state index in [1.165, 1.54) is 0 Å². The molecule has 1 unspecified atom stereocenters. The average Bonchev–Trinajstić information content (AvgIpc) is 2.30. The van der Waals surface area contributed by atoms with E-state index < -0.39 is 0 Å². The Morgan fingerprint density at radius 2 is 1.11 bits per heavy atom. The smallest absolute Gasteiger partial charge is 0.141 e. The van der Waals surface area contributed by atoms with E-state index in [-0.39, 0.29) is 73.5 Å². The quantitative estimate of drug-likeness (QED) is 0.413. The van der Waals surface area contributed by atoms with Crippen LogP contribution >= 0.6 is 0 Å². The molecule has 0 bridgehead atoms. The van der Waals surface area contributed by atoms with E-state index in [2.05, 4.69) is 41.5 Å². The second-order valence-electron chi connectivity index (χ2n) is 11.9. The van der Waals surface area contributed by atoms with E-state index in [0.717, 1.165) is 12.8 Å². The molecule has 0 rings (SSSR count). The molecule has 0 saturated carbocycles. The minimum Gasteiger partial charge on any atom is -0.358 e. The number of rotatable bonds is 4. The minimum atomic E-state index is -0.217. The zero-order valence-electron chi connectivity index (χ0n) is 21.0. The summed E-state index contributed by atoms with van der Waals surface area (Å²) in [5, 5.41) is 0. The van der Waals surface area contributed by atoms with Crippen LogP contribution in [-0.4, -0.2) is 11.6 Å². The van der Waals surface area contributed by atoms with Gasteiger partial charge in [-0.3, -0.25) is 4.79 Å². The maximum absolute atomic E-state index is 11.8. The van der Waals surface area contributed by atoms with Gasteiger partial charge in [0.25, 0.3) is 0 Å². The molecular formula is C24H48O2Y-2. The normalized spacial score (nSPS) is 13.2. The second kappa shape index (κ2) is 12.8. The van der Waals surface area contributed by atoms with Crippen molar-refractivity contribution in [2.75, 3.05) is 0 Å². The van der Waals surface area contributed by atoms with Crippen molar-refractivity contribution < 1.29 is 42.3 Å². The van der Waals surface area contributed by atoms with E-state index in [1.807, 2.05) is 54.9 Å². The van der Waals surface area contributed by atoms with Crippen LogP contribution in [0.25, 0.3) is 0 Å². The third kappa shape index (κ3) is 20.9. The molecule has 1 atom stereocenters. The Balaban J connectivity index is -0.000000183. The first-order valence-corrected chi connectivity index (χ1v) is 9.59. The van der Waals surface area contributed by atoms with E-state index in [9.17, 15) is 9.59 Å². The third-order valence-electron chi connectivity index (χ3n) is 3.74. The standard InChI is InChI=1S/C12H24O.C11H21O.CH3.Y/c1-9(8-11(2,3)4)10(13)12(5,6)7;1-10(2,3)8-7-9(12)11(4,5)6;;/h9H,8H2,1-7H3;7H,8H2,1-6H3;1H3;/q;2*-1;. The largest absolute Gasteiger partial charge is 0.358 e. The zero-order valence-corrected chi connectivity index (χ0v) is 23.8. The van der Waals surface area contributed by atoms with Crippen molar-refractivity contribution in [3.05, 3.63) is 13.8 Å². The topological polar surface area (TPSA) is 34.1 Å². The van der Waals surface area contributed by atoms with Gasteiger partial charge in [-0.05, 0) is 17.3 Å². The van der Waals surface area contributed by atoms with Gasteiger partial charge in [0.15, 0.2) is 0 Å². The summed E-state index contributed by atoms with van der Waals surface area (Å²) in [6, 6.07) is 0. The molecule has 0 aliphatic carbocycles. The molecule has 2 nitrogen and oxygen atoms in total. The summed E-state index contributed by atoms with van der Waals surface area (Å²) in [6.45, 7) is 26.8. The van der Waals surface area contributed by atoms with E-state index in [0.29, 0.717) is 5.78 Å². The van der Waals surface area contributed by atoms with Gasteiger partial charge in [-0.15, -0.1) is 0 Å². The van der Waals surface area contributed by atoms with Crippen LogP contribution in [0, 0.1) is 41.4 Å². The van der Waals surface area contributed by atoms with Crippen LogP contribution in [0.3, 0.4) is 0 Å².